The first-order valence-electron chi connectivity index (χ1n) is 10.5. The molecular weight excluding hydrogens is 280 g/mol. The standard InChI is InChI=1S/C22H36O/c1-3-4-11-22-12-5-6-20(22)18-8-7-16-15-17(23)9-13-21(16,2)19(18)10-14-22/h7,17-20,23H,3-6,8-15H2,1-2H3/t17-,18+,19-,20-,21-,22-/m0/s1. The van der Waals surface area contributed by atoms with E-state index in [0.29, 0.717) is 10.8 Å². The highest BCUT2D eigenvalue weighted by Crippen LogP contribution is 2.66. The summed E-state index contributed by atoms with van der Waals surface area (Å²) >= 11 is 0. The number of aliphatic hydroxyl groups excluding tert-OH is 1. The third-order valence-electron chi connectivity index (χ3n) is 8.63. The van der Waals surface area contributed by atoms with Gasteiger partial charge in [-0.25, -0.2) is 0 Å². The first-order valence-corrected chi connectivity index (χ1v) is 10.5. The molecule has 0 radical (unpaired) electrons. The lowest BCUT2D eigenvalue weighted by Gasteiger charge is -2.58. The molecule has 4 aliphatic rings. The van der Waals surface area contributed by atoms with Gasteiger partial charge in [-0.1, -0.05) is 44.8 Å². The zero-order chi connectivity index (χ0) is 16.1. The highest BCUT2D eigenvalue weighted by atomic mass is 16.3. The van der Waals surface area contributed by atoms with Crippen molar-refractivity contribution in [2.24, 2.45) is 28.6 Å². The molecule has 1 heteroatoms. The lowest BCUT2D eigenvalue weighted by atomic mass is 9.47. The molecule has 0 spiro atoms. The Morgan fingerprint density at radius 1 is 1.13 bits per heavy atom. The van der Waals surface area contributed by atoms with Crippen molar-refractivity contribution in [3.05, 3.63) is 11.6 Å². The Kier molecular flexibility index (Phi) is 4.15. The van der Waals surface area contributed by atoms with Crippen LogP contribution in [-0.2, 0) is 0 Å². The van der Waals surface area contributed by atoms with Crippen molar-refractivity contribution < 1.29 is 5.11 Å². The first-order chi connectivity index (χ1) is 11.1. The monoisotopic (exact) mass is 316 g/mol. The molecule has 6 atom stereocenters. The van der Waals surface area contributed by atoms with Crippen LogP contribution in [0.1, 0.15) is 90.9 Å². The summed E-state index contributed by atoms with van der Waals surface area (Å²) in [6, 6.07) is 0. The third kappa shape index (κ3) is 2.44. The third-order valence-corrected chi connectivity index (χ3v) is 8.63. The molecule has 0 amide bonds. The van der Waals surface area contributed by atoms with Gasteiger partial charge in [0.05, 0.1) is 6.10 Å². The highest BCUT2D eigenvalue weighted by Gasteiger charge is 2.56. The Hall–Kier alpha value is -0.300. The van der Waals surface area contributed by atoms with E-state index in [0.717, 1.165) is 30.6 Å². The van der Waals surface area contributed by atoms with E-state index < -0.39 is 0 Å². The molecule has 0 heterocycles. The topological polar surface area (TPSA) is 20.2 Å². The van der Waals surface area contributed by atoms with E-state index >= 15 is 0 Å². The van der Waals surface area contributed by atoms with Crippen LogP contribution in [-0.4, -0.2) is 11.2 Å². The Balaban J connectivity index is 1.61. The number of hydrogen-bond acceptors (Lipinski definition) is 1. The fourth-order valence-electron chi connectivity index (χ4n) is 7.40. The summed E-state index contributed by atoms with van der Waals surface area (Å²) in [4.78, 5) is 0. The van der Waals surface area contributed by atoms with Gasteiger partial charge in [-0.2, -0.15) is 0 Å². The van der Waals surface area contributed by atoms with Crippen molar-refractivity contribution >= 4 is 0 Å². The molecule has 0 aliphatic heterocycles. The van der Waals surface area contributed by atoms with Crippen LogP contribution < -0.4 is 0 Å². The Labute approximate surface area is 142 Å². The van der Waals surface area contributed by atoms with Gasteiger partial charge in [-0.05, 0) is 86.4 Å². The fraction of sp³-hybridized carbons (Fsp3) is 0.909. The molecule has 1 N–H and O–H groups in total. The lowest BCUT2D eigenvalue weighted by Crippen LogP contribution is -2.49. The average molecular weight is 317 g/mol. The summed E-state index contributed by atoms with van der Waals surface area (Å²) in [6.45, 7) is 4.91. The molecule has 3 fully saturated rings. The van der Waals surface area contributed by atoms with Gasteiger partial charge >= 0.3 is 0 Å². The van der Waals surface area contributed by atoms with Crippen molar-refractivity contribution in [2.75, 3.05) is 0 Å². The van der Waals surface area contributed by atoms with Crippen molar-refractivity contribution in [2.45, 2.75) is 97.0 Å². The van der Waals surface area contributed by atoms with Crippen LogP contribution in [0.25, 0.3) is 0 Å². The lowest BCUT2D eigenvalue weighted by molar-refractivity contribution is -0.0470. The molecule has 0 aromatic heterocycles. The van der Waals surface area contributed by atoms with E-state index in [2.05, 4.69) is 19.9 Å². The predicted molar refractivity (Wildman–Crippen MR) is 96.2 cm³/mol. The Morgan fingerprint density at radius 2 is 2.00 bits per heavy atom. The first kappa shape index (κ1) is 16.2. The molecule has 4 aliphatic carbocycles. The maximum absolute atomic E-state index is 10.1. The normalized spacial score (nSPS) is 49.1. The van der Waals surface area contributed by atoms with Crippen LogP contribution in [0.3, 0.4) is 0 Å². The number of aliphatic hydroxyl groups is 1. The summed E-state index contributed by atoms with van der Waals surface area (Å²) < 4.78 is 0. The molecule has 1 nitrogen and oxygen atoms in total. The minimum absolute atomic E-state index is 0.0652. The van der Waals surface area contributed by atoms with Crippen LogP contribution >= 0.6 is 0 Å². The van der Waals surface area contributed by atoms with Crippen molar-refractivity contribution in [1.29, 1.82) is 0 Å². The second-order valence-electron chi connectivity index (χ2n) is 9.55. The van der Waals surface area contributed by atoms with Gasteiger partial charge < -0.3 is 5.11 Å². The molecule has 130 valence electrons. The van der Waals surface area contributed by atoms with Crippen molar-refractivity contribution in [3.8, 4) is 0 Å². The van der Waals surface area contributed by atoms with Crippen LogP contribution in [0.5, 0.6) is 0 Å². The van der Waals surface area contributed by atoms with Crippen LogP contribution in [0, 0.1) is 28.6 Å². The zero-order valence-corrected chi connectivity index (χ0v) is 15.3. The second kappa shape index (κ2) is 5.90. The molecule has 0 unspecified atom stereocenters. The molecule has 0 bridgehead atoms. The second-order valence-corrected chi connectivity index (χ2v) is 9.55. The molecule has 0 aromatic carbocycles. The number of unbranched alkanes of at least 4 members (excludes halogenated alkanes) is 1. The fourth-order valence-corrected chi connectivity index (χ4v) is 7.40. The molecule has 0 aromatic rings. The van der Waals surface area contributed by atoms with Crippen molar-refractivity contribution in [1.82, 2.24) is 0 Å². The number of fused-ring (bicyclic) bond motifs is 5. The van der Waals surface area contributed by atoms with Crippen LogP contribution in [0.4, 0.5) is 0 Å². The Morgan fingerprint density at radius 3 is 2.83 bits per heavy atom. The van der Waals surface area contributed by atoms with Gasteiger partial charge in [0.2, 0.25) is 0 Å². The minimum Gasteiger partial charge on any atom is -0.393 e. The quantitative estimate of drug-likeness (QED) is 0.645. The number of allylic oxidation sites excluding steroid dienone is 1. The Bertz CT molecular complexity index is 480. The van der Waals surface area contributed by atoms with E-state index in [1.54, 1.807) is 5.57 Å². The summed E-state index contributed by atoms with van der Waals surface area (Å²) in [7, 11) is 0. The van der Waals surface area contributed by atoms with E-state index in [1.165, 1.54) is 64.2 Å². The summed E-state index contributed by atoms with van der Waals surface area (Å²) in [5, 5.41) is 10.1. The van der Waals surface area contributed by atoms with Gasteiger partial charge in [0.25, 0.3) is 0 Å². The van der Waals surface area contributed by atoms with Gasteiger partial charge in [-0.3, -0.25) is 0 Å². The van der Waals surface area contributed by atoms with Gasteiger partial charge in [-0.15, -0.1) is 0 Å². The molecule has 4 rings (SSSR count). The largest absolute Gasteiger partial charge is 0.393 e. The number of rotatable bonds is 3. The van der Waals surface area contributed by atoms with E-state index in [-0.39, 0.29) is 6.10 Å². The average Bonchev–Trinajstić information content (AvgIpc) is 2.98. The molecule has 23 heavy (non-hydrogen) atoms. The zero-order valence-electron chi connectivity index (χ0n) is 15.3. The van der Waals surface area contributed by atoms with E-state index in [1.807, 2.05) is 0 Å². The van der Waals surface area contributed by atoms with Crippen LogP contribution in [0.15, 0.2) is 11.6 Å². The van der Waals surface area contributed by atoms with Crippen molar-refractivity contribution in [3.63, 3.8) is 0 Å². The molecule has 3 saturated carbocycles. The smallest absolute Gasteiger partial charge is 0.0577 e. The minimum atomic E-state index is -0.0652. The summed E-state index contributed by atoms with van der Waals surface area (Å²) in [6.07, 6.45) is 18.9. The maximum Gasteiger partial charge on any atom is 0.0577 e. The summed E-state index contributed by atoms with van der Waals surface area (Å²) in [5.41, 5.74) is 2.76. The molecular formula is C22H36O. The summed E-state index contributed by atoms with van der Waals surface area (Å²) in [5.74, 6) is 2.87. The van der Waals surface area contributed by atoms with Gasteiger partial charge in [0, 0.05) is 0 Å². The number of hydrogen-bond donors (Lipinski definition) is 1. The van der Waals surface area contributed by atoms with Gasteiger partial charge in [0.1, 0.15) is 0 Å². The van der Waals surface area contributed by atoms with Gasteiger partial charge in [0.15, 0.2) is 0 Å². The SMILES string of the molecule is CCCC[C@@]12CCC[C@H]1[C@@H]1CC=C3C[C@@H](O)CC[C@]3(C)[C@H]1CC2. The van der Waals surface area contributed by atoms with Crippen LogP contribution in [0.2, 0.25) is 0 Å². The molecule has 0 saturated heterocycles. The predicted octanol–water partition coefficient (Wildman–Crippen LogP) is 5.87. The van der Waals surface area contributed by atoms with E-state index in [9.17, 15) is 5.11 Å². The maximum atomic E-state index is 10.1. The highest BCUT2D eigenvalue weighted by molar-refractivity contribution is 5.25. The van der Waals surface area contributed by atoms with E-state index in [4.69, 9.17) is 0 Å².